The number of rotatable bonds is 7. The summed E-state index contributed by atoms with van der Waals surface area (Å²) in [4.78, 5) is 2.54. The second-order valence-electron chi connectivity index (χ2n) is 6.72. The molecule has 1 saturated heterocycles. The number of benzene rings is 1. The van der Waals surface area contributed by atoms with E-state index in [0.29, 0.717) is 12.1 Å². The summed E-state index contributed by atoms with van der Waals surface area (Å²) in [6.45, 7) is 12.9. The highest BCUT2D eigenvalue weighted by molar-refractivity contribution is 5.28. The molecule has 118 valence electrons. The van der Waals surface area contributed by atoms with Gasteiger partial charge in [-0.25, -0.2) is 0 Å². The first-order chi connectivity index (χ1) is 10.0. The topological polar surface area (TPSA) is 24.5 Å². The largest absolute Gasteiger partial charge is 0.492 e. The van der Waals surface area contributed by atoms with Crippen molar-refractivity contribution < 1.29 is 4.74 Å². The zero-order chi connectivity index (χ0) is 15.2. The van der Waals surface area contributed by atoms with E-state index >= 15 is 0 Å². The molecule has 1 aliphatic rings. The molecule has 0 aliphatic carbocycles. The fraction of sp³-hybridized carbons (Fsp3) is 0.667. The summed E-state index contributed by atoms with van der Waals surface area (Å²) in [7, 11) is 0. The Hall–Kier alpha value is -1.06. The minimum absolute atomic E-state index is 0.508. The Morgan fingerprint density at radius 3 is 2.81 bits per heavy atom. The van der Waals surface area contributed by atoms with Crippen molar-refractivity contribution in [3.63, 3.8) is 0 Å². The normalized spacial score (nSPS) is 22.9. The third-order valence-electron chi connectivity index (χ3n) is 4.17. The molecule has 3 nitrogen and oxygen atoms in total. The molecular weight excluding hydrogens is 260 g/mol. The van der Waals surface area contributed by atoms with Gasteiger partial charge in [-0.05, 0) is 37.0 Å². The van der Waals surface area contributed by atoms with E-state index in [1.807, 2.05) is 0 Å². The van der Waals surface area contributed by atoms with Crippen LogP contribution < -0.4 is 10.1 Å². The van der Waals surface area contributed by atoms with E-state index in [1.165, 1.54) is 18.5 Å². The zero-order valence-corrected chi connectivity index (χ0v) is 13.9. The Morgan fingerprint density at radius 1 is 1.33 bits per heavy atom. The van der Waals surface area contributed by atoms with Gasteiger partial charge >= 0.3 is 0 Å². The molecule has 0 radical (unpaired) electrons. The lowest BCUT2D eigenvalue weighted by atomic mass is 10.1. The highest BCUT2D eigenvalue weighted by atomic mass is 16.5. The number of likely N-dealkylation sites (tertiary alicyclic amines) is 1. The fourth-order valence-corrected chi connectivity index (χ4v) is 3.05. The van der Waals surface area contributed by atoms with Crippen molar-refractivity contribution in [3.8, 4) is 5.75 Å². The first kappa shape index (κ1) is 16.3. The van der Waals surface area contributed by atoms with Crippen molar-refractivity contribution in [3.05, 3.63) is 29.8 Å². The van der Waals surface area contributed by atoms with Crippen molar-refractivity contribution in [2.45, 2.75) is 52.7 Å². The maximum atomic E-state index is 5.93. The standard InChI is InChI=1S/C18H30N2O/c1-14(2)19-12-17-6-5-7-18(11-17)21-9-8-20-13-15(3)10-16(20)4/h5-7,11,14-16,19H,8-10,12-13H2,1-4H3. The maximum absolute atomic E-state index is 5.93. The summed E-state index contributed by atoms with van der Waals surface area (Å²) in [5, 5.41) is 3.44. The Balaban J connectivity index is 1.76. The predicted molar refractivity (Wildman–Crippen MR) is 88.7 cm³/mol. The van der Waals surface area contributed by atoms with Gasteiger partial charge in [0.15, 0.2) is 0 Å². The van der Waals surface area contributed by atoms with E-state index in [-0.39, 0.29) is 0 Å². The third kappa shape index (κ3) is 5.33. The van der Waals surface area contributed by atoms with E-state index in [9.17, 15) is 0 Å². The second-order valence-corrected chi connectivity index (χ2v) is 6.72. The van der Waals surface area contributed by atoms with Crippen LogP contribution in [-0.4, -0.2) is 36.7 Å². The average molecular weight is 290 g/mol. The van der Waals surface area contributed by atoms with Gasteiger partial charge in [0.05, 0.1) is 0 Å². The molecule has 0 spiro atoms. The molecule has 1 aromatic carbocycles. The van der Waals surface area contributed by atoms with Crippen LogP contribution in [0.1, 0.15) is 39.7 Å². The lowest BCUT2D eigenvalue weighted by molar-refractivity contribution is 0.202. The Bertz CT molecular complexity index is 433. The molecule has 0 bridgehead atoms. The van der Waals surface area contributed by atoms with Crippen LogP contribution in [0, 0.1) is 5.92 Å². The SMILES string of the molecule is CC1CC(C)N(CCOc2cccc(CNC(C)C)c2)C1. The monoisotopic (exact) mass is 290 g/mol. The Morgan fingerprint density at radius 2 is 2.14 bits per heavy atom. The van der Waals surface area contributed by atoms with Gasteiger partial charge in [0.2, 0.25) is 0 Å². The van der Waals surface area contributed by atoms with E-state index in [4.69, 9.17) is 4.74 Å². The molecule has 1 fully saturated rings. The molecular formula is C18H30N2O. The number of ether oxygens (including phenoxy) is 1. The van der Waals surface area contributed by atoms with Crippen molar-refractivity contribution in [2.75, 3.05) is 19.7 Å². The van der Waals surface area contributed by atoms with Gasteiger partial charge in [0, 0.05) is 31.7 Å². The highest BCUT2D eigenvalue weighted by Gasteiger charge is 2.25. The van der Waals surface area contributed by atoms with Gasteiger partial charge in [-0.2, -0.15) is 0 Å². The van der Waals surface area contributed by atoms with Crippen molar-refractivity contribution in [2.24, 2.45) is 5.92 Å². The second kappa shape index (κ2) is 7.81. The summed E-state index contributed by atoms with van der Waals surface area (Å²) in [6, 6.07) is 9.62. The van der Waals surface area contributed by atoms with Gasteiger partial charge < -0.3 is 10.1 Å². The fourth-order valence-electron chi connectivity index (χ4n) is 3.05. The number of nitrogens with one attached hydrogen (secondary N) is 1. The molecule has 1 aliphatic heterocycles. The zero-order valence-electron chi connectivity index (χ0n) is 13.9. The molecule has 2 rings (SSSR count). The molecule has 2 unspecified atom stereocenters. The molecule has 0 amide bonds. The summed E-state index contributed by atoms with van der Waals surface area (Å²) in [5.74, 6) is 1.81. The van der Waals surface area contributed by atoms with Gasteiger partial charge in [-0.1, -0.05) is 32.9 Å². The van der Waals surface area contributed by atoms with Gasteiger partial charge in [0.1, 0.15) is 12.4 Å². The lowest BCUT2D eigenvalue weighted by Crippen LogP contribution is -2.31. The van der Waals surface area contributed by atoms with Crippen molar-refractivity contribution in [1.82, 2.24) is 10.2 Å². The van der Waals surface area contributed by atoms with E-state index in [1.54, 1.807) is 0 Å². The van der Waals surface area contributed by atoms with Crippen LogP contribution in [0.4, 0.5) is 0 Å². The van der Waals surface area contributed by atoms with Crippen LogP contribution in [0.3, 0.4) is 0 Å². The van der Waals surface area contributed by atoms with E-state index in [2.05, 4.69) is 62.2 Å². The minimum Gasteiger partial charge on any atom is -0.492 e. The summed E-state index contributed by atoms with van der Waals surface area (Å²) >= 11 is 0. The molecule has 3 heteroatoms. The van der Waals surface area contributed by atoms with Gasteiger partial charge in [-0.3, -0.25) is 4.90 Å². The molecule has 0 aromatic heterocycles. The van der Waals surface area contributed by atoms with Crippen molar-refractivity contribution >= 4 is 0 Å². The Kier molecular flexibility index (Phi) is 6.07. The van der Waals surface area contributed by atoms with E-state index < -0.39 is 0 Å². The van der Waals surface area contributed by atoms with Crippen LogP contribution in [-0.2, 0) is 6.54 Å². The molecule has 2 atom stereocenters. The number of hydrogen-bond donors (Lipinski definition) is 1. The first-order valence-corrected chi connectivity index (χ1v) is 8.23. The van der Waals surface area contributed by atoms with E-state index in [0.717, 1.165) is 31.4 Å². The van der Waals surface area contributed by atoms with Crippen molar-refractivity contribution in [1.29, 1.82) is 0 Å². The minimum atomic E-state index is 0.508. The quantitative estimate of drug-likeness (QED) is 0.834. The summed E-state index contributed by atoms with van der Waals surface area (Å²) in [6.07, 6.45) is 1.32. The van der Waals surface area contributed by atoms with Crippen LogP contribution in [0.5, 0.6) is 5.75 Å². The maximum Gasteiger partial charge on any atom is 0.119 e. The van der Waals surface area contributed by atoms with Crippen LogP contribution >= 0.6 is 0 Å². The van der Waals surface area contributed by atoms with Crippen LogP contribution in [0.15, 0.2) is 24.3 Å². The van der Waals surface area contributed by atoms with Crippen LogP contribution in [0.2, 0.25) is 0 Å². The lowest BCUT2D eigenvalue weighted by Gasteiger charge is -2.21. The summed E-state index contributed by atoms with van der Waals surface area (Å²) in [5.41, 5.74) is 1.28. The third-order valence-corrected chi connectivity index (χ3v) is 4.17. The first-order valence-electron chi connectivity index (χ1n) is 8.23. The van der Waals surface area contributed by atoms with Gasteiger partial charge in [-0.15, -0.1) is 0 Å². The molecule has 0 saturated carbocycles. The average Bonchev–Trinajstić information content (AvgIpc) is 2.75. The highest BCUT2D eigenvalue weighted by Crippen LogP contribution is 2.22. The molecule has 1 heterocycles. The molecule has 1 N–H and O–H groups in total. The predicted octanol–water partition coefficient (Wildman–Crippen LogP) is 3.29. The molecule has 21 heavy (non-hydrogen) atoms. The molecule has 1 aromatic rings. The number of hydrogen-bond acceptors (Lipinski definition) is 3. The van der Waals surface area contributed by atoms with Gasteiger partial charge in [0.25, 0.3) is 0 Å². The summed E-state index contributed by atoms with van der Waals surface area (Å²) < 4.78 is 5.93. The number of nitrogens with zero attached hydrogens (tertiary/aromatic N) is 1. The smallest absolute Gasteiger partial charge is 0.119 e. The van der Waals surface area contributed by atoms with Crippen LogP contribution in [0.25, 0.3) is 0 Å². The Labute approximate surface area is 129 Å².